The molecular weight excluding hydrogens is 410 g/mol. The van der Waals surface area contributed by atoms with Crippen LogP contribution in [0.2, 0.25) is 0 Å². The van der Waals surface area contributed by atoms with Gasteiger partial charge in [0.15, 0.2) is 11.6 Å². The minimum Gasteiger partial charge on any atom is -0.345 e. The van der Waals surface area contributed by atoms with E-state index in [0.29, 0.717) is 18.8 Å². The van der Waals surface area contributed by atoms with Gasteiger partial charge in [-0.05, 0) is 24.8 Å². The number of thioether (sulfide) groups is 1. The summed E-state index contributed by atoms with van der Waals surface area (Å²) >= 11 is 1.23. The number of rotatable bonds is 9. The molecule has 1 aromatic carbocycles. The Morgan fingerprint density at radius 1 is 1.23 bits per heavy atom. The summed E-state index contributed by atoms with van der Waals surface area (Å²) in [6.07, 6.45) is 3.59. The number of hydrogen-bond donors (Lipinski definition) is 1. The fourth-order valence-electron chi connectivity index (χ4n) is 3.76. The van der Waals surface area contributed by atoms with E-state index in [4.69, 9.17) is 0 Å². The number of benzene rings is 1. The highest BCUT2D eigenvalue weighted by molar-refractivity contribution is 8.14. The van der Waals surface area contributed by atoms with Crippen LogP contribution in [0.25, 0.3) is 0 Å². The smallest absolute Gasteiger partial charge is 0.223 e. The van der Waals surface area contributed by atoms with Gasteiger partial charge in [0, 0.05) is 36.2 Å². The Kier molecular flexibility index (Phi) is 7.50. The van der Waals surface area contributed by atoms with Gasteiger partial charge in [-0.1, -0.05) is 50.6 Å². The van der Waals surface area contributed by atoms with E-state index in [1.807, 2.05) is 13.8 Å². The van der Waals surface area contributed by atoms with Gasteiger partial charge in [0.05, 0.1) is 6.04 Å². The van der Waals surface area contributed by atoms with Gasteiger partial charge in [-0.15, -0.1) is 0 Å². The lowest BCUT2D eigenvalue weighted by Crippen LogP contribution is -2.43. The van der Waals surface area contributed by atoms with Crippen molar-refractivity contribution in [1.82, 2.24) is 10.2 Å². The van der Waals surface area contributed by atoms with E-state index in [2.05, 4.69) is 5.32 Å². The molecule has 3 rings (SSSR count). The molecule has 1 aliphatic heterocycles. The number of likely N-dealkylation sites (tertiary alicyclic amines) is 1. The molecule has 2 aliphatic rings. The van der Waals surface area contributed by atoms with Gasteiger partial charge in [-0.3, -0.25) is 14.4 Å². The van der Waals surface area contributed by atoms with Crippen molar-refractivity contribution in [3.63, 3.8) is 0 Å². The third kappa shape index (κ3) is 6.03. The Morgan fingerprint density at radius 3 is 2.63 bits per heavy atom. The average molecular weight is 439 g/mol. The lowest BCUT2D eigenvalue weighted by molar-refractivity contribution is -0.131. The number of carbonyl (C=O) groups is 3. The summed E-state index contributed by atoms with van der Waals surface area (Å²) in [7, 11) is 0. The van der Waals surface area contributed by atoms with Crippen molar-refractivity contribution < 1.29 is 23.2 Å². The van der Waals surface area contributed by atoms with Crippen LogP contribution in [0.5, 0.6) is 0 Å². The first kappa shape index (κ1) is 22.7. The van der Waals surface area contributed by atoms with E-state index >= 15 is 0 Å². The summed E-state index contributed by atoms with van der Waals surface area (Å²) in [6.45, 7) is 3.80. The Hall–Kier alpha value is -1.96. The van der Waals surface area contributed by atoms with Gasteiger partial charge in [0.25, 0.3) is 0 Å². The molecule has 0 spiro atoms. The first-order chi connectivity index (χ1) is 14.2. The van der Waals surface area contributed by atoms with Crippen LogP contribution in [0, 0.1) is 17.6 Å². The minimum absolute atomic E-state index is 0.0357. The summed E-state index contributed by atoms with van der Waals surface area (Å²) in [6, 6.07) is 2.95. The van der Waals surface area contributed by atoms with Crippen LogP contribution in [0.15, 0.2) is 18.2 Å². The van der Waals surface area contributed by atoms with Crippen LogP contribution in [0.3, 0.4) is 0 Å². The van der Waals surface area contributed by atoms with E-state index in [9.17, 15) is 23.2 Å². The number of nitrogens with zero attached hydrogens (tertiary/aromatic N) is 1. The van der Waals surface area contributed by atoms with Crippen LogP contribution in [0.1, 0.15) is 57.9 Å². The van der Waals surface area contributed by atoms with E-state index < -0.39 is 23.7 Å². The highest BCUT2D eigenvalue weighted by Gasteiger charge is 2.35. The van der Waals surface area contributed by atoms with Gasteiger partial charge < -0.3 is 10.2 Å². The summed E-state index contributed by atoms with van der Waals surface area (Å²) in [5.41, 5.74) is 0.0887. The molecule has 164 valence electrons. The molecule has 2 amide bonds. The monoisotopic (exact) mass is 438 g/mol. The van der Waals surface area contributed by atoms with Gasteiger partial charge in [0.2, 0.25) is 16.9 Å². The average Bonchev–Trinajstić information content (AvgIpc) is 3.43. The maximum atomic E-state index is 14.0. The maximum absolute atomic E-state index is 14.0. The zero-order valence-corrected chi connectivity index (χ0v) is 18.1. The molecule has 8 heteroatoms. The molecule has 1 heterocycles. The molecule has 1 unspecified atom stereocenters. The highest BCUT2D eigenvalue weighted by atomic mass is 32.2. The molecule has 2 atom stereocenters. The zero-order valence-electron chi connectivity index (χ0n) is 17.3. The van der Waals surface area contributed by atoms with Crippen molar-refractivity contribution in [2.45, 2.75) is 76.3 Å². The van der Waals surface area contributed by atoms with E-state index in [-0.39, 0.29) is 47.1 Å². The summed E-state index contributed by atoms with van der Waals surface area (Å²) in [4.78, 5) is 38.9. The lowest BCUT2D eigenvalue weighted by atomic mass is 10.1. The minimum atomic E-state index is -0.971. The standard InChI is InChI=1S/C22H28F2N2O3S/c1-13(2)30-22(29)18(10-14-6-7-14)25-19(27)11-16-8-9-20(28)26(16)12-15-4-3-5-17(23)21(15)24/h3-5,13-14,16,18H,6-12H2,1-2H3,(H,25,27)/t16-,18?/m0/s1. The Labute approximate surface area is 180 Å². The Morgan fingerprint density at radius 2 is 1.97 bits per heavy atom. The maximum Gasteiger partial charge on any atom is 0.223 e. The molecule has 1 aliphatic carbocycles. The van der Waals surface area contributed by atoms with Gasteiger partial charge in [0.1, 0.15) is 0 Å². The van der Waals surface area contributed by atoms with Crippen molar-refractivity contribution in [1.29, 1.82) is 0 Å². The molecule has 5 nitrogen and oxygen atoms in total. The highest BCUT2D eigenvalue weighted by Crippen LogP contribution is 2.35. The third-order valence-electron chi connectivity index (χ3n) is 5.48. The Balaban J connectivity index is 1.62. The second-order valence-electron chi connectivity index (χ2n) is 8.42. The molecule has 0 radical (unpaired) electrons. The molecule has 1 saturated carbocycles. The Bertz CT molecular complexity index is 814. The van der Waals surface area contributed by atoms with Crippen molar-refractivity contribution in [2.24, 2.45) is 5.92 Å². The predicted molar refractivity (Wildman–Crippen MR) is 112 cm³/mol. The number of amides is 2. The van der Waals surface area contributed by atoms with Crippen molar-refractivity contribution in [2.75, 3.05) is 0 Å². The molecule has 30 heavy (non-hydrogen) atoms. The van der Waals surface area contributed by atoms with Gasteiger partial charge in [-0.2, -0.15) is 0 Å². The van der Waals surface area contributed by atoms with Gasteiger partial charge in [-0.25, -0.2) is 8.78 Å². The van der Waals surface area contributed by atoms with Crippen LogP contribution >= 0.6 is 11.8 Å². The first-order valence-electron chi connectivity index (χ1n) is 10.5. The van der Waals surface area contributed by atoms with Crippen LogP contribution in [-0.4, -0.2) is 39.2 Å². The molecular formula is C22H28F2N2O3S. The van der Waals surface area contributed by atoms with Crippen molar-refractivity contribution in [3.05, 3.63) is 35.4 Å². The largest absolute Gasteiger partial charge is 0.345 e. The fourth-order valence-corrected chi connectivity index (χ4v) is 4.54. The van der Waals surface area contributed by atoms with Crippen molar-refractivity contribution >= 4 is 28.7 Å². The summed E-state index contributed by atoms with van der Waals surface area (Å²) in [5.74, 6) is -1.92. The molecule has 2 fully saturated rings. The van der Waals surface area contributed by atoms with Crippen LogP contribution in [0.4, 0.5) is 8.78 Å². The molecule has 0 aromatic heterocycles. The number of hydrogen-bond acceptors (Lipinski definition) is 4. The second-order valence-corrected chi connectivity index (χ2v) is 10.00. The summed E-state index contributed by atoms with van der Waals surface area (Å²) in [5, 5.41) is 2.96. The number of nitrogens with one attached hydrogen (secondary N) is 1. The molecule has 0 bridgehead atoms. The number of carbonyl (C=O) groups excluding carboxylic acids is 3. The van der Waals surface area contributed by atoms with E-state index in [0.717, 1.165) is 18.9 Å². The summed E-state index contributed by atoms with van der Waals surface area (Å²) < 4.78 is 27.5. The molecule has 1 saturated heterocycles. The second kappa shape index (κ2) is 9.90. The normalized spacial score (nSPS) is 20.0. The van der Waals surface area contributed by atoms with E-state index in [1.54, 1.807) is 0 Å². The lowest BCUT2D eigenvalue weighted by Gasteiger charge is -2.26. The SMILES string of the molecule is CC(C)SC(=O)C(CC1CC1)NC(=O)C[C@@H]1CCC(=O)N1Cc1cccc(F)c1F. The van der Waals surface area contributed by atoms with Crippen LogP contribution in [-0.2, 0) is 20.9 Å². The van der Waals surface area contributed by atoms with Gasteiger partial charge >= 0.3 is 0 Å². The molecule has 1 aromatic rings. The van der Waals surface area contributed by atoms with Crippen LogP contribution < -0.4 is 5.32 Å². The number of halogens is 2. The third-order valence-corrected chi connectivity index (χ3v) is 6.47. The van der Waals surface area contributed by atoms with Crippen molar-refractivity contribution in [3.8, 4) is 0 Å². The quantitative estimate of drug-likeness (QED) is 0.637. The molecule has 1 N–H and O–H groups in total. The first-order valence-corrected chi connectivity index (χ1v) is 11.3. The fraction of sp³-hybridized carbons (Fsp3) is 0.591. The van der Waals surface area contributed by atoms with E-state index in [1.165, 1.54) is 28.8 Å². The predicted octanol–water partition coefficient (Wildman–Crippen LogP) is 3.80. The topological polar surface area (TPSA) is 66.5 Å². The zero-order chi connectivity index (χ0) is 21.8.